The molecule has 4 aliphatic rings. The number of anilines is 2. The first kappa shape index (κ1) is 24.6. The van der Waals surface area contributed by atoms with E-state index in [1.165, 1.54) is 12.8 Å². The van der Waals surface area contributed by atoms with Crippen LogP contribution in [0, 0.1) is 0 Å². The average Bonchev–Trinajstić information content (AvgIpc) is 3.15. The Morgan fingerprint density at radius 1 is 0.857 bits per heavy atom. The van der Waals surface area contributed by atoms with Gasteiger partial charge in [-0.05, 0) is 63.1 Å². The monoisotopic (exact) mass is 502 g/mol. The molecule has 9 heteroatoms. The molecule has 0 aromatic heterocycles. The summed E-state index contributed by atoms with van der Waals surface area (Å²) in [5.41, 5.74) is 1.40. The van der Waals surface area contributed by atoms with Crippen LogP contribution >= 0.6 is 0 Å². The van der Waals surface area contributed by atoms with Crippen molar-refractivity contribution in [2.45, 2.75) is 94.0 Å². The van der Waals surface area contributed by atoms with Crippen LogP contribution in [-0.4, -0.2) is 62.8 Å². The van der Waals surface area contributed by atoms with Gasteiger partial charge in [0, 0.05) is 25.7 Å². The lowest BCUT2D eigenvalue weighted by molar-refractivity contribution is -0.125. The van der Waals surface area contributed by atoms with E-state index >= 15 is 0 Å². The zero-order chi connectivity index (χ0) is 24.4. The van der Waals surface area contributed by atoms with Gasteiger partial charge in [0.1, 0.15) is 12.6 Å². The molecular weight excluding hydrogens is 464 g/mol. The van der Waals surface area contributed by atoms with Gasteiger partial charge in [0.05, 0.1) is 16.3 Å². The van der Waals surface area contributed by atoms with E-state index < -0.39 is 10.0 Å². The summed E-state index contributed by atoms with van der Waals surface area (Å²) in [5, 5.41) is 3.15. The summed E-state index contributed by atoms with van der Waals surface area (Å²) in [4.78, 5) is 30.6. The van der Waals surface area contributed by atoms with Crippen molar-refractivity contribution < 1.29 is 18.0 Å². The molecule has 1 N–H and O–H groups in total. The Hall–Kier alpha value is -2.13. The van der Waals surface area contributed by atoms with Gasteiger partial charge in [0.2, 0.25) is 21.8 Å². The van der Waals surface area contributed by atoms with Crippen LogP contribution < -0.4 is 15.1 Å². The lowest BCUT2D eigenvalue weighted by Gasteiger charge is -2.45. The molecule has 1 aromatic rings. The quantitative estimate of drug-likeness (QED) is 0.624. The molecule has 1 aliphatic carbocycles. The number of hydrogen-bond donors (Lipinski definition) is 1. The molecule has 0 unspecified atom stereocenters. The predicted octanol–water partition coefficient (Wildman–Crippen LogP) is 3.41. The molecule has 8 nitrogen and oxygen atoms in total. The number of nitrogens with one attached hydrogen (secondary N) is 1. The molecule has 1 aromatic carbocycles. The zero-order valence-electron chi connectivity index (χ0n) is 20.6. The third-order valence-electron chi connectivity index (χ3n) is 8.08. The van der Waals surface area contributed by atoms with Gasteiger partial charge in [-0.1, -0.05) is 32.1 Å². The highest BCUT2D eigenvalue weighted by molar-refractivity contribution is 7.89. The molecule has 0 bridgehead atoms. The van der Waals surface area contributed by atoms with Crippen molar-refractivity contribution in [3.8, 4) is 0 Å². The fraction of sp³-hybridized carbons (Fsp3) is 0.692. The second-order valence-corrected chi connectivity index (χ2v) is 12.4. The molecule has 1 atom stereocenters. The Bertz CT molecular complexity index is 1050. The number of nitrogens with zero attached hydrogens (tertiary/aromatic N) is 3. The first-order valence-corrected chi connectivity index (χ1v) is 14.9. The van der Waals surface area contributed by atoms with Crippen LogP contribution in [0.15, 0.2) is 23.1 Å². The first-order valence-electron chi connectivity index (χ1n) is 13.5. The van der Waals surface area contributed by atoms with Crippen molar-refractivity contribution in [3.63, 3.8) is 0 Å². The Labute approximate surface area is 209 Å². The number of benzene rings is 1. The maximum Gasteiger partial charge on any atom is 0.250 e. The third kappa shape index (κ3) is 5.07. The minimum Gasteiger partial charge on any atom is -0.358 e. The van der Waals surface area contributed by atoms with Gasteiger partial charge in [-0.15, -0.1) is 0 Å². The van der Waals surface area contributed by atoms with Gasteiger partial charge in [-0.25, -0.2) is 8.42 Å². The van der Waals surface area contributed by atoms with E-state index in [2.05, 4.69) is 10.2 Å². The Kier molecular flexibility index (Phi) is 7.34. The van der Waals surface area contributed by atoms with E-state index in [-0.39, 0.29) is 35.3 Å². The number of sulfonamides is 1. The van der Waals surface area contributed by atoms with Crippen LogP contribution in [0.25, 0.3) is 0 Å². The molecule has 0 radical (unpaired) electrons. The van der Waals surface area contributed by atoms with E-state index in [4.69, 9.17) is 0 Å². The number of rotatable bonds is 5. The Morgan fingerprint density at radius 3 is 2.26 bits per heavy atom. The van der Waals surface area contributed by atoms with Crippen LogP contribution in [0.2, 0.25) is 0 Å². The van der Waals surface area contributed by atoms with E-state index in [0.29, 0.717) is 18.8 Å². The van der Waals surface area contributed by atoms with Crippen LogP contribution in [0.4, 0.5) is 11.4 Å². The molecule has 2 saturated heterocycles. The molecular formula is C26H38N4O4S. The molecule has 2 amide bonds. The molecule has 3 aliphatic heterocycles. The van der Waals surface area contributed by atoms with Gasteiger partial charge in [-0.3, -0.25) is 14.5 Å². The maximum atomic E-state index is 13.6. The van der Waals surface area contributed by atoms with Crippen LogP contribution in [0.5, 0.6) is 0 Å². The number of carbonyl (C=O) groups is 2. The van der Waals surface area contributed by atoms with Crippen molar-refractivity contribution in [1.82, 2.24) is 9.62 Å². The second-order valence-electron chi connectivity index (χ2n) is 10.5. The van der Waals surface area contributed by atoms with Crippen molar-refractivity contribution in [3.05, 3.63) is 18.2 Å². The van der Waals surface area contributed by atoms with Gasteiger partial charge in [0.25, 0.3) is 0 Å². The van der Waals surface area contributed by atoms with E-state index in [0.717, 1.165) is 76.4 Å². The summed E-state index contributed by atoms with van der Waals surface area (Å²) in [7, 11) is -3.64. The Morgan fingerprint density at radius 2 is 1.51 bits per heavy atom. The average molecular weight is 503 g/mol. The fourth-order valence-electron chi connectivity index (χ4n) is 6.16. The van der Waals surface area contributed by atoms with Crippen molar-refractivity contribution in [2.24, 2.45) is 0 Å². The number of piperidine rings is 2. The number of carbonyl (C=O) groups excluding carboxylic acids is 2. The normalized spacial score (nSPS) is 24.5. The molecule has 3 fully saturated rings. The summed E-state index contributed by atoms with van der Waals surface area (Å²) in [6, 6.07) is 5.01. The second kappa shape index (κ2) is 10.5. The van der Waals surface area contributed by atoms with E-state index in [1.54, 1.807) is 21.3 Å². The van der Waals surface area contributed by atoms with Gasteiger partial charge in [-0.2, -0.15) is 4.31 Å². The molecule has 35 heavy (non-hydrogen) atoms. The fourth-order valence-corrected chi connectivity index (χ4v) is 7.69. The molecule has 5 rings (SSSR count). The summed E-state index contributed by atoms with van der Waals surface area (Å²) in [5.74, 6) is -0.259. The SMILES string of the molecule is O=C(CN1C(=O)[C@H]2CCCCN2c2ccc(S(=O)(=O)N3CCCCC3)cc21)NC1CCCCCC1. The van der Waals surface area contributed by atoms with Gasteiger partial charge < -0.3 is 10.2 Å². The summed E-state index contributed by atoms with van der Waals surface area (Å²) < 4.78 is 28.3. The molecule has 3 heterocycles. The third-order valence-corrected chi connectivity index (χ3v) is 9.97. The standard InChI is InChI=1S/C26H38N4O4S/c31-25(27-20-10-4-1-2-5-11-20)19-30-24-18-21(35(33,34)28-15-7-3-8-16-28)13-14-22(24)29-17-9-6-12-23(29)26(30)32/h13-14,18,20,23H,1-12,15-17,19H2,(H,27,31)/t23-/m1/s1. The largest absolute Gasteiger partial charge is 0.358 e. The van der Waals surface area contributed by atoms with Crippen LogP contribution in [0.3, 0.4) is 0 Å². The summed E-state index contributed by atoms with van der Waals surface area (Å²) in [6.45, 7) is 1.75. The summed E-state index contributed by atoms with van der Waals surface area (Å²) in [6.07, 6.45) is 12.1. The lowest BCUT2D eigenvalue weighted by atomic mass is 9.96. The van der Waals surface area contributed by atoms with Crippen LogP contribution in [-0.2, 0) is 19.6 Å². The smallest absolute Gasteiger partial charge is 0.250 e. The lowest BCUT2D eigenvalue weighted by Crippen LogP contribution is -2.57. The van der Waals surface area contributed by atoms with E-state index in [1.807, 2.05) is 6.07 Å². The van der Waals surface area contributed by atoms with Crippen molar-refractivity contribution in [2.75, 3.05) is 36.0 Å². The Balaban J connectivity index is 1.44. The van der Waals surface area contributed by atoms with Crippen LogP contribution in [0.1, 0.15) is 77.0 Å². The molecule has 0 spiro atoms. The number of hydrogen-bond acceptors (Lipinski definition) is 5. The highest BCUT2D eigenvalue weighted by Crippen LogP contribution is 2.41. The molecule has 192 valence electrons. The highest BCUT2D eigenvalue weighted by Gasteiger charge is 2.41. The predicted molar refractivity (Wildman–Crippen MR) is 136 cm³/mol. The van der Waals surface area contributed by atoms with Gasteiger partial charge in [0.15, 0.2) is 0 Å². The number of fused-ring (bicyclic) bond motifs is 3. The number of amides is 2. The van der Waals surface area contributed by atoms with Crippen molar-refractivity contribution >= 4 is 33.2 Å². The highest BCUT2D eigenvalue weighted by atomic mass is 32.2. The zero-order valence-corrected chi connectivity index (χ0v) is 21.4. The minimum atomic E-state index is -3.64. The molecule has 1 saturated carbocycles. The minimum absolute atomic E-state index is 0.0696. The maximum absolute atomic E-state index is 13.6. The van der Waals surface area contributed by atoms with Gasteiger partial charge >= 0.3 is 0 Å². The van der Waals surface area contributed by atoms with E-state index in [9.17, 15) is 18.0 Å². The topological polar surface area (TPSA) is 90.0 Å². The van der Waals surface area contributed by atoms with Crippen molar-refractivity contribution in [1.29, 1.82) is 0 Å². The first-order chi connectivity index (χ1) is 16.9. The summed E-state index contributed by atoms with van der Waals surface area (Å²) >= 11 is 0.